The lowest BCUT2D eigenvalue weighted by Gasteiger charge is -2.20. The average molecular weight is 283 g/mol. The lowest BCUT2D eigenvalue weighted by atomic mass is 9.86. The average Bonchev–Trinajstić information content (AvgIpc) is 2.46. The monoisotopic (exact) mass is 283 g/mol. The van der Waals surface area contributed by atoms with Crippen molar-refractivity contribution in [2.45, 2.75) is 39.2 Å². The Hall–Kier alpha value is -1.94. The van der Waals surface area contributed by atoms with E-state index in [2.05, 4.69) is 55.0 Å². The minimum absolute atomic E-state index is 0.144. The van der Waals surface area contributed by atoms with Crippen LogP contribution < -0.4 is 5.73 Å². The first-order valence-corrected chi connectivity index (χ1v) is 7.29. The van der Waals surface area contributed by atoms with E-state index < -0.39 is 0 Å². The van der Waals surface area contributed by atoms with Gasteiger partial charge < -0.3 is 10.5 Å². The van der Waals surface area contributed by atoms with E-state index in [-0.39, 0.29) is 5.41 Å². The molecule has 3 rings (SSSR count). The lowest BCUT2D eigenvalue weighted by Crippen LogP contribution is -2.16. The van der Waals surface area contributed by atoms with Crippen LogP contribution in [0.4, 0.5) is 5.82 Å². The number of rotatable bonds is 1. The number of fused-ring (bicyclic) bond motifs is 1. The van der Waals surface area contributed by atoms with Crippen LogP contribution in [0.3, 0.4) is 0 Å². The molecule has 0 radical (unpaired) electrons. The number of benzene rings is 1. The summed E-state index contributed by atoms with van der Waals surface area (Å²) < 4.78 is 5.42. The normalized spacial score (nSPS) is 14.8. The Kier molecular flexibility index (Phi) is 3.41. The maximum Gasteiger partial charge on any atom is 0.161 e. The lowest BCUT2D eigenvalue weighted by molar-refractivity contribution is 0.109. The molecule has 1 aliphatic rings. The summed E-state index contributed by atoms with van der Waals surface area (Å²) in [4.78, 5) is 9.10. The third-order valence-corrected chi connectivity index (χ3v) is 3.86. The Morgan fingerprint density at radius 1 is 1.10 bits per heavy atom. The van der Waals surface area contributed by atoms with Crippen molar-refractivity contribution in [2.75, 3.05) is 12.3 Å². The minimum Gasteiger partial charge on any atom is -0.383 e. The highest BCUT2D eigenvalue weighted by Gasteiger charge is 2.18. The van der Waals surface area contributed by atoms with Gasteiger partial charge in [-0.25, -0.2) is 9.97 Å². The molecule has 1 aliphatic heterocycles. The van der Waals surface area contributed by atoms with E-state index in [1.54, 1.807) is 0 Å². The van der Waals surface area contributed by atoms with Crippen LogP contribution in [0.2, 0.25) is 0 Å². The molecule has 0 aliphatic carbocycles. The minimum atomic E-state index is 0.144. The van der Waals surface area contributed by atoms with Crippen LogP contribution in [0.5, 0.6) is 0 Å². The molecule has 21 heavy (non-hydrogen) atoms. The van der Waals surface area contributed by atoms with Crippen molar-refractivity contribution >= 4 is 5.82 Å². The van der Waals surface area contributed by atoms with Gasteiger partial charge in [-0.05, 0) is 11.0 Å². The maximum absolute atomic E-state index is 6.05. The first-order valence-electron chi connectivity index (χ1n) is 7.29. The molecule has 1 aromatic carbocycles. The molecule has 0 saturated carbocycles. The third kappa shape index (κ3) is 2.76. The number of hydrogen-bond acceptors (Lipinski definition) is 4. The Labute approximate surface area is 125 Å². The SMILES string of the molecule is CC(C)(C)c1ccc(-c2nc(N)c3c(n2)CCOC3)cc1. The topological polar surface area (TPSA) is 61.0 Å². The van der Waals surface area contributed by atoms with Crippen molar-refractivity contribution in [3.63, 3.8) is 0 Å². The van der Waals surface area contributed by atoms with E-state index in [9.17, 15) is 0 Å². The molecule has 0 saturated heterocycles. The molecule has 0 unspecified atom stereocenters. The molecule has 2 N–H and O–H groups in total. The van der Waals surface area contributed by atoms with Crippen molar-refractivity contribution in [3.8, 4) is 11.4 Å². The molecule has 0 atom stereocenters. The molecule has 4 nitrogen and oxygen atoms in total. The summed E-state index contributed by atoms with van der Waals surface area (Å²) >= 11 is 0. The quantitative estimate of drug-likeness (QED) is 0.873. The summed E-state index contributed by atoms with van der Waals surface area (Å²) in [6.45, 7) is 7.83. The predicted octanol–water partition coefficient (Wildman–Crippen LogP) is 3.10. The molecule has 1 aromatic heterocycles. The molecule has 4 heteroatoms. The van der Waals surface area contributed by atoms with Gasteiger partial charge in [-0.2, -0.15) is 0 Å². The van der Waals surface area contributed by atoms with E-state index >= 15 is 0 Å². The fraction of sp³-hybridized carbons (Fsp3) is 0.412. The number of ether oxygens (including phenoxy) is 1. The van der Waals surface area contributed by atoms with Gasteiger partial charge in [0.15, 0.2) is 5.82 Å². The van der Waals surface area contributed by atoms with E-state index in [1.165, 1.54) is 5.56 Å². The Morgan fingerprint density at radius 2 is 1.81 bits per heavy atom. The highest BCUT2D eigenvalue weighted by molar-refractivity contribution is 5.59. The highest BCUT2D eigenvalue weighted by Crippen LogP contribution is 2.27. The molecular weight excluding hydrogens is 262 g/mol. The van der Waals surface area contributed by atoms with Gasteiger partial charge in [0.25, 0.3) is 0 Å². The zero-order valence-electron chi connectivity index (χ0n) is 12.8. The summed E-state index contributed by atoms with van der Waals surface area (Å²) in [7, 11) is 0. The van der Waals surface area contributed by atoms with Crippen LogP contribution in [0, 0.1) is 0 Å². The second-order valence-corrected chi connectivity index (χ2v) is 6.49. The molecule has 0 amide bonds. The number of hydrogen-bond donors (Lipinski definition) is 1. The largest absolute Gasteiger partial charge is 0.383 e. The number of nitrogens with two attached hydrogens (primary N) is 1. The summed E-state index contributed by atoms with van der Waals surface area (Å²) in [5.74, 6) is 1.24. The van der Waals surface area contributed by atoms with Crippen molar-refractivity contribution in [3.05, 3.63) is 41.1 Å². The fourth-order valence-corrected chi connectivity index (χ4v) is 2.51. The number of nitrogen functional groups attached to an aromatic ring is 1. The molecule has 2 heterocycles. The van der Waals surface area contributed by atoms with Crippen LogP contribution in [0.25, 0.3) is 11.4 Å². The van der Waals surface area contributed by atoms with Crippen molar-refractivity contribution < 1.29 is 4.74 Å². The van der Waals surface area contributed by atoms with Gasteiger partial charge in [-0.3, -0.25) is 0 Å². The van der Waals surface area contributed by atoms with Gasteiger partial charge in [0, 0.05) is 17.5 Å². The van der Waals surface area contributed by atoms with Gasteiger partial charge in [-0.15, -0.1) is 0 Å². The van der Waals surface area contributed by atoms with Gasteiger partial charge >= 0.3 is 0 Å². The molecule has 110 valence electrons. The second-order valence-electron chi connectivity index (χ2n) is 6.49. The predicted molar refractivity (Wildman–Crippen MR) is 83.9 cm³/mol. The standard InChI is InChI=1S/C17H21N3O/c1-17(2,3)12-6-4-11(5-7-12)16-19-14-8-9-21-10-13(14)15(18)20-16/h4-7H,8-10H2,1-3H3,(H2,18,19,20). The van der Waals surface area contributed by atoms with Crippen molar-refractivity contribution in [1.82, 2.24) is 9.97 Å². The van der Waals surface area contributed by atoms with Crippen molar-refractivity contribution in [1.29, 1.82) is 0 Å². The molecule has 0 bridgehead atoms. The van der Waals surface area contributed by atoms with Gasteiger partial charge in [0.05, 0.1) is 18.9 Å². The molecule has 0 fully saturated rings. The summed E-state index contributed by atoms with van der Waals surface area (Å²) in [6, 6.07) is 8.41. The number of aromatic nitrogens is 2. The molecular formula is C17H21N3O. The Balaban J connectivity index is 1.99. The van der Waals surface area contributed by atoms with E-state index in [1.807, 2.05) is 0 Å². The van der Waals surface area contributed by atoms with Gasteiger partial charge in [-0.1, -0.05) is 45.0 Å². The molecule has 2 aromatic rings. The van der Waals surface area contributed by atoms with E-state index in [0.29, 0.717) is 24.9 Å². The number of anilines is 1. The smallest absolute Gasteiger partial charge is 0.161 e. The summed E-state index contributed by atoms with van der Waals surface area (Å²) in [5, 5.41) is 0. The first kappa shape index (κ1) is 14.0. The van der Waals surface area contributed by atoms with Crippen LogP contribution in [-0.2, 0) is 23.2 Å². The summed E-state index contributed by atoms with van der Waals surface area (Å²) in [6.07, 6.45) is 0.801. The zero-order valence-corrected chi connectivity index (χ0v) is 12.8. The highest BCUT2D eigenvalue weighted by atomic mass is 16.5. The fourth-order valence-electron chi connectivity index (χ4n) is 2.51. The maximum atomic E-state index is 6.05. The Bertz CT molecular complexity index is 657. The van der Waals surface area contributed by atoms with Crippen LogP contribution in [-0.4, -0.2) is 16.6 Å². The van der Waals surface area contributed by atoms with Crippen molar-refractivity contribution in [2.24, 2.45) is 0 Å². The first-order chi connectivity index (χ1) is 9.95. The number of nitrogens with zero attached hydrogens (tertiary/aromatic N) is 2. The van der Waals surface area contributed by atoms with Crippen LogP contribution >= 0.6 is 0 Å². The van der Waals surface area contributed by atoms with E-state index in [0.717, 1.165) is 23.2 Å². The summed E-state index contributed by atoms with van der Waals surface area (Å²) in [5.41, 5.74) is 10.5. The van der Waals surface area contributed by atoms with Crippen LogP contribution in [0.1, 0.15) is 37.6 Å². The second kappa shape index (κ2) is 5.11. The van der Waals surface area contributed by atoms with Gasteiger partial charge in [0.1, 0.15) is 5.82 Å². The van der Waals surface area contributed by atoms with E-state index in [4.69, 9.17) is 10.5 Å². The van der Waals surface area contributed by atoms with Gasteiger partial charge in [0.2, 0.25) is 0 Å². The zero-order chi connectivity index (χ0) is 15.0. The third-order valence-electron chi connectivity index (χ3n) is 3.86. The molecule has 0 spiro atoms. The van der Waals surface area contributed by atoms with Crippen LogP contribution in [0.15, 0.2) is 24.3 Å². The Morgan fingerprint density at radius 3 is 2.48 bits per heavy atom.